The molecular formula is C25H27N3O5. The lowest BCUT2D eigenvalue weighted by atomic mass is 10.00. The fraction of sp³-hybridized carbons (Fsp3) is 0.360. The maximum Gasteiger partial charge on any atom is 0.265 e. The van der Waals surface area contributed by atoms with Crippen molar-refractivity contribution in [3.63, 3.8) is 0 Å². The SMILES string of the molecule is CC(C)C[C@@H](C(=O)N1C[C@@H](C(=O)N(C)C)Oc2ccccc21)N1C(=O)c2ccccc2C1=O. The normalized spacial score (nSPS) is 18.0. The topological polar surface area (TPSA) is 87.2 Å². The van der Waals surface area contributed by atoms with E-state index in [1.807, 2.05) is 13.8 Å². The highest BCUT2D eigenvalue weighted by atomic mass is 16.5. The van der Waals surface area contributed by atoms with Crippen LogP contribution in [-0.4, -0.2) is 66.2 Å². The van der Waals surface area contributed by atoms with Crippen molar-refractivity contribution >= 4 is 29.3 Å². The van der Waals surface area contributed by atoms with Crippen LogP contribution in [0.4, 0.5) is 5.69 Å². The number of para-hydroxylation sites is 2. The minimum absolute atomic E-state index is 0.00930. The summed E-state index contributed by atoms with van der Waals surface area (Å²) in [5.74, 6) is -1.19. The summed E-state index contributed by atoms with van der Waals surface area (Å²) in [6.07, 6.45) is -0.587. The van der Waals surface area contributed by atoms with Crippen LogP contribution in [0.3, 0.4) is 0 Å². The van der Waals surface area contributed by atoms with Crippen molar-refractivity contribution in [2.24, 2.45) is 5.92 Å². The lowest BCUT2D eigenvalue weighted by Crippen LogP contribution is -2.56. The summed E-state index contributed by atoms with van der Waals surface area (Å²) in [5.41, 5.74) is 1.11. The van der Waals surface area contributed by atoms with Crippen LogP contribution >= 0.6 is 0 Å². The van der Waals surface area contributed by atoms with Crippen molar-refractivity contribution in [2.45, 2.75) is 32.4 Å². The quantitative estimate of drug-likeness (QED) is 0.655. The Morgan fingerprint density at radius 1 is 1.00 bits per heavy atom. The maximum atomic E-state index is 14.0. The highest BCUT2D eigenvalue weighted by molar-refractivity contribution is 6.23. The van der Waals surface area contributed by atoms with Crippen molar-refractivity contribution in [3.8, 4) is 5.75 Å². The summed E-state index contributed by atoms with van der Waals surface area (Å²) in [4.78, 5) is 57.0. The molecule has 0 aromatic heterocycles. The molecule has 2 heterocycles. The zero-order valence-electron chi connectivity index (χ0n) is 19.1. The van der Waals surface area contributed by atoms with Gasteiger partial charge in [-0.2, -0.15) is 0 Å². The van der Waals surface area contributed by atoms with Gasteiger partial charge in [0.25, 0.3) is 23.6 Å². The van der Waals surface area contributed by atoms with Gasteiger partial charge < -0.3 is 14.5 Å². The van der Waals surface area contributed by atoms with Gasteiger partial charge in [-0.05, 0) is 36.6 Å². The largest absolute Gasteiger partial charge is 0.476 e. The Bertz CT molecular complexity index is 1090. The first kappa shape index (κ1) is 22.5. The van der Waals surface area contributed by atoms with Crippen molar-refractivity contribution in [3.05, 3.63) is 59.7 Å². The number of amides is 4. The third-order valence-electron chi connectivity index (χ3n) is 5.87. The Balaban J connectivity index is 1.73. The van der Waals surface area contributed by atoms with Gasteiger partial charge in [-0.15, -0.1) is 0 Å². The molecule has 0 N–H and O–H groups in total. The summed E-state index contributed by atoms with van der Waals surface area (Å²) >= 11 is 0. The Hall–Kier alpha value is -3.68. The molecule has 2 atom stereocenters. The molecule has 2 aromatic carbocycles. The summed E-state index contributed by atoms with van der Waals surface area (Å²) < 4.78 is 5.88. The second-order valence-electron chi connectivity index (χ2n) is 8.93. The molecule has 0 spiro atoms. The molecule has 2 aliphatic heterocycles. The third-order valence-corrected chi connectivity index (χ3v) is 5.87. The van der Waals surface area contributed by atoms with E-state index in [9.17, 15) is 19.2 Å². The van der Waals surface area contributed by atoms with Crippen LogP contribution in [0, 0.1) is 5.92 Å². The molecule has 0 fully saturated rings. The van der Waals surface area contributed by atoms with Gasteiger partial charge in [-0.3, -0.25) is 24.1 Å². The van der Waals surface area contributed by atoms with Crippen molar-refractivity contribution < 1.29 is 23.9 Å². The molecule has 0 saturated carbocycles. The second kappa shape index (κ2) is 8.69. The maximum absolute atomic E-state index is 14.0. The Labute approximate surface area is 192 Å². The Kier molecular flexibility index (Phi) is 5.93. The van der Waals surface area contributed by atoms with Crippen LogP contribution in [0.2, 0.25) is 0 Å². The van der Waals surface area contributed by atoms with E-state index in [2.05, 4.69) is 0 Å². The molecule has 4 rings (SSSR count). The summed E-state index contributed by atoms with van der Waals surface area (Å²) in [6.45, 7) is 3.86. The number of hydrogen-bond donors (Lipinski definition) is 0. The molecule has 172 valence electrons. The predicted octanol–water partition coefficient (Wildman–Crippen LogP) is 2.58. The first-order valence-corrected chi connectivity index (χ1v) is 11.0. The van der Waals surface area contributed by atoms with Gasteiger partial charge in [-0.25, -0.2) is 0 Å². The lowest BCUT2D eigenvalue weighted by molar-refractivity contribution is -0.136. The zero-order chi connectivity index (χ0) is 23.9. The van der Waals surface area contributed by atoms with Crippen LogP contribution in [-0.2, 0) is 9.59 Å². The van der Waals surface area contributed by atoms with E-state index in [4.69, 9.17) is 4.74 Å². The summed E-state index contributed by atoms with van der Waals surface area (Å²) in [5, 5.41) is 0. The van der Waals surface area contributed by atoms with Gasteiger partial charge in [0, 0.05) is 14.1 Å². The molecular weight excluding hydrogens is 422 g/mol. The molecule has 2 aliphatic rings. The highest BCUT2D eigenvalue weighted by Crippen LogP contribution is 2.36. The predicted molar refractivity (Wildman–Crippen MR) is 122 cm³/mol. The van der Waals surface area contributed by atoms with E-state index in [-0.39, 0.29) is 18.4 Å². The van der Waals surface area contributed by atoms with Crippen LogP contribution in [0.25, 0.3) is 0 Å². The van der Waals surface area contributed by atoms with Crippen molar-refractivity contribution in [1.29, 1.82) is 0 Å². The van der Waals surface area contributed by atoms with Gasteiger partial charge in [0.2, 0.25) is 0 Å². The number of benzene rings is 2. The van der Waals surface area contributed by atoms with Gasteiger partial charge >= 0.3 is 0 Å². The number of hydrogen-bond acceptors (Lipinski definition) is 5. The van der Waals surface area contributed by atoms with E-state index in [1.54, 1.807) is 62.6 Å². The van der Waals surface area contributed by atoms with Crippen LogP contribution in [0.5, 0.6) is 5.75 Å². The second-order valence-corrected chi connectivity index (χ2v) is 8.93. The molecule has 4 amide bonds. The molecule has 0 saturated heterocycles. The number of ether oxygens (including phenoxy) is 1. The van der Waals surface area contributed by atoms with Gasteiger partial charge in [0.1, 0.15) is 11.8 Å². The highest BCUT2D eigenvalue weighted by Gasteiger charge is 2.46. The number of carbonyl (C=O) groups is 4. The average Bonchev–Trinajstić information content (AvgIpc) is 3.05. The molecule has 8 heteroatoms. The summed E-state index contributed by atoms with van der Waals surface area (Å²) in [7, 11) is 3.25. The van der Waals surface area contributed by atoms with Gasteiger partial charge in [0.05, 0.1) is 23.4 Å². The number of fused-ring (bicyclic) bond motifs is 2. The van der Waals surface area contributed by atoms with Crippen LogP contribution < -0.4 is 9.64 Å². The lowest BCUT2D eigenvalue weighted by Gasteiger charge is -2.38. The summed E-state index contributed by atoms with van der Waals surface area (Å²) in [6, 6.07) is 12.6. The van der Waals surface area contributed by atoms with Crippen LogP contribution in [0.1, 0.15) is 41.0 Å². The van der Waals surface area contributed by atoms with Gasteiger partial charge in [0.15, 0.2) is 6.10 Å². The van der Waals surface area contributed by atoms with E-state index in [0.29, 0.717) is 29.0 Å². The number of imide groups is 1. The zero-order valence-corrected chi connectivity index (χ0v) is 19.1. The molecule has 33 heavy (non-hydrogen) atoms. The minimum atomic E-state index is -1.00. The van der Waals surface area contributed by atoms with Crippen LogP contribution in [0.15, 0.2) is 48.5 Å². The third kappa shape index (κ3) is 3.97. The van der Waals surface area contributed by atoms with Gasteiger partial charge in [-0.1, -0.05) is 38.1 Å². The van der Waals surface area contributed by atoms with E-state index >= 15 is 0 Å². The fourth-order valence-electron chi connectivity index (χ4n) is 4.29. The van der Waals surface area contributed by atoms with E-state index in [1.165, 1.54) is 9.80 Å². The average molecular weight is 450 g/mol. The molecule has 0 unspecified atom stereocenters. The monoisotopic (exact) mass is 449 g/mol. The number of likely N-dealkylation sites (N-methyl/N-ethyl adjacent to an activating group) is 1. The van der Waals surface area contributed by atoms with E-state index in [0.717, 1.165) is 4.90 Å². The Morgan fingerprint density at radius 2 is 1.58 bits per heavy atom. The molecule has 0 aliphatic carbocycles. The Morgan fingerprint density at radius 3 is 2.15 bits per heavy atom. The smallest absolute Gasteiger partial charge is 0.265 e. The first-order valence-electron chi connectivity index (χ1n) is 11.0. The van der Waals surface area contributed by atoms with E-state index < -0.39 is 29.9 Å². The minimum Gasteiger partial charge on any atom is -0.476 e. The number of carbonyl (C=O) groups excluding carboxylic acids is 4. The standard InChI is InChI=1S/C25H27N3O5/c1-15(2)13-19(28-22(29)16-9-5-6-10-17(16)23(28)30)24(31)27-14-21(25(32)26(3)4)33-20-12-8-7-11-18(20)27/h5-12,15,19,21H,13-14H2,1-4H3/t19-,21-/m0/s1. The molecule has 2 aromatic rings. The molecule has 8 nitrogen and oxygen atoms in total. The number of anilines is 1. The fourth-order valence-corrected chi connectivity index (χ4v) is 4.29. The number of nitrogens with zero attached hydrogens (tertiary/aromatic N) is 3. The van der Waals surface area contributed by atoms with Crippen molar-refractivity contribution in [2.75, 3.05) is 25.5 Å². The van der Waals surface area contributed by atoms with Crippen molar-refractivity contribution in [1.82, 2.24) is 9.80 Å². The molecule has 0 bridgehead atoms. The number of rotatable bonds is 5. The first-order chi connectivity index (χ1) is 15.7. The molecule has 0 radical (unpaired) electrons.